The smallest absolute Gasteiger partial charge is 0.254 e. The molecule has 1 fully saturated rings. The molecule has 20 heavy (non-hydrogen) atoms. The summed E-state index contributed by atoms with van der Waals surface area (Å²) in [4.78, 5) is 14.3. The highest BCUT2D eigenvalue weighted by atomic mass is 16.5. The first kappa shape index (κ1) is 14.9. The second-order valence-electron chi connectivity index (χ2n) is 5.39. The van der Waals surface area contributed by atoms with Crippen LogP contribution < -0.4 is 0 Å². The molecule has 0 bridgehead atoms. The zero-order chi connectivity index (χ0) is 14.5. The molecule has 1 aromatic carbocycles. The lowest BCUT2D eigenvalue weighted by atomic mass is 10.1. The molecule has 0 aromatic heterocycles. The molecule has 1 aliphatic heterocycles. The van der Waals surface area contributed by atoms with Crippen molar-refractivity contribution in [1.82, 2.24) is 4.90 Å². The van der Waals surface area contributed by atoms with Crippen LogP contribution in [-0.2, 0) is 4.74 Å². The number of nitrogens with zero attached hydrogens (tertiary/aromatic N) is 1. The van der Waals surface area contributed by atoms with E-state index in [0.29, 0.717) is 12.1 Å². The van der Waals surface area contributed by atoms with Crippen LogP contribution in [0.4, 0.5) is 0 Å². The summed E-state index contributed by atoms with van der Waals surface area (Å²) in [7, 11) is 0. The Morgan fingerprint density at radius 3 is 3.00 bits per heavy atom. The van der Waals surface area contributed by atoms with Crippen LogP contribution >= 0.6 is 0 Å². The summed E-state index contributed by atoms with van der Waals surface area (Å²) in [6.45, 7) is 6.06. The third-order valence-electron chi connectivity index (χ3n) is 3.68. The molecular formula is C16H23NO3. The van der Waals surface area contributed by atoms with Crippen molar-refractivity contribution in [2.24, 2.45) is 0 Å². The number of phenols is 1. The van der Waals surface area contributed by atoms with Gasteiger partial charge in [-0.05, 0) is 43.9 Å². The summed E-state index contributed by atoms with van der Waals surface area (Å²) in [6.07, 6.45) is 3.13. The number of hydrogen-bond acceptors (Lipinski definition) is 3. The molecular weight excluding hydrogens is 254 g/mol. The van der Waals surface area contributed by atoms with Gasteiger partial charge in [0.25, 0.3) is 5.91 Å². The minimum atomic E-state index is -0.0231. The maximum Gasteiger partial charge on any atom is 0.254 e. The van der Waals surface area contributed by atoms with Crippen molar-refractivity contribution in [2.45, 2.75) is 39.2 Å². The molecule has 1 aliphatic rings. The summed E-state index contributed by atoms with van der Waals surface area (Å²) in [5, 5.41) is 9.72. The van der Waals surface area contributed by atoms with Crippen molar-refractivity contribution in [2.75, 3.05) is 19.7 Å². The van der Waals surface area contributed by atoms with Crippen LogP contribution in [0.25, 0.3) is 0 Å². The number of piperidine rings is 1. The van der Waals surface area contributed by atoms with E-state index in [-0.39, 0.29) is 17.8 Å². The van der Waals surface area contributed by atoms with E-state index in [9.17, 15) is 9.90 Å². The van der Waals surface area contributed by atoms with Crippen LogP contribution in [0.1, 0.15) is 42.1 Å². The first-order chi connectivity index (χ1) is 9.61. The van der Waals surface area contributed by atoms with Crippen molar-refractivity contribution in [1.29, 1.82) is 0 Å². The monoisotopic (exact) mass is 277 g/mol. The number of benzene rings is 1. The second kappa shape index (κ2) is 6.75. The molecule has 1 N–H and O–H groups in total. The molecule has 1 heterocycles. The molecule has 110 valence electrons. The van der Waals surface area contributed by atoms with Crippen LogP contribution in [0.3, 0.4) is 0 Å². The van der Waals surface area contributed by atoms with Gasteiger partial charge in [0.1, 0.15) is 5.75 Å². The van der Waals surface area contributed by atoms with E-state index in [1.807, 2.05) is 11.8 Å². The Labute approximate surface area is 120 Å². The number of amides is 1. The van der Waals surface area contributed by atoms with E-state index in [4.69, 9.17) is 4.74 Å². The summed E-state index contributed by atoms with van der Waals surface area (Å²) in [5.41, 5.74) is 1.33. The SMILES string of the molecule is CCCOC1CCCN(C(=O)c2ccc(C)c(O)c2)C1. The fourth-order valence-corrected chi connectivity index (χ4v) is 2.47. The van der Waals surface area contributed by atoms with E-state index >= 15 is 0 Å². The zero-order valence-corrected chi connectivity index (χ0v) is 12.3. The number of hydrogen-bond donors (Lipinski definition) is 1. The van der Waals surface area contributed by atoms with Gasteiger partial charge >= 0.3 is 0 Å². The third-order valence-corrected chi connectivity index (χ3v) is 3.68. The maximum absolute atomic E-state index is 12.4. The van der Waals surface area contributed by atoms with Crippen molar-refractivity contribution >= 4 is 5.91 Å². The number of carbonyl (C=O) groups is 1. The number of likely N-dealkylation sites (tertiary alicyclic amines) is 1. The number of aryl methyl sites for hydroxylation is 1. The summed E-state index contributed by atoms with van der Waals surface area (Å²) in [5.74, 6) is 0.150. The van der Waals surface area contributed by atoms with E-state index in [2.05, 4.69) is 6.92 Å². The van der Waals surface area contributed by atoms with Crippen molar-refractivity contribution in [3.05, 3.63) is 29.3 Å². The summed E-state index contributed by atoms with van der Waals surface area (Å²) in [6, 6.07) is 5.10. The Kier molecular flexibility index (Phi) is 5.01. The van der Waals surface area contributed by atoms with Crippen molar-refractivity contribution in [3.63, 3.8) is 0 Å². The predicted octanol–water partition coefficient (Wildman–Crippen LogP) is 2.73. The molecule has 4 heteroatoms. The molecule has 0 radical (unpaired) electrons. The topological polar surface area (TPSA) is 49.8 Å². The summed E-state index contributed by atoms with van der Waals surface area (Å²) < 4.78 is 5.75. The van der Waals surface area contributed by atoms with E-state index < -0.39 is 0 Å². The highest BCUT2D eigenvalue weighted by Crippen LogP contribution is 2.21. The lowest BCUT2D eigenvalue weighted by Crippen LogP contribution is -2.43. The standard InChI is InChI=1S/C16H23NO3/c1-3-9-20-14-5-4-8-17(11-14)16(19)13-7-6-12(2)15(18)10-13/h6-7,10,14,18H,3-5,8-9,11H2,1-2H3. The van der Waals surface area contributed by atoms with E-state index in [1.54, 1.807) is 18.2 Å². The summed E-state index contributed by atoms with van der Waals surface area (Å²) >= 11 is 0. The lowest BCUT2D eigenvalue weighted by molar-refractivity contribution is 0.00210. The molecule has 1 unspecified atom stereocenters. The zero-order valence-electron chi connectivity index (χ0n) is 12.3. The average molecular weight is 277 g/mol. The molecule has 2 rings (SSSR count). The molecule has 0 aliphatic carbocycles. The predicted molar refractivity (Wildman–Crippen MR) is 78.0 cm³/mol. The van der Waals surface area contributed by atoms with Gasteiger partial charge in [-0.1, -0.05) is 13.0 Å². The number of aromatic hydroxyl groups is 1. The molecule has 1 aromatic rings. The van der Waals surface area contributed by atoms with Crippen LogP contribution in [-0.4, -0.2) is 41.7 Å². The number of phenolic OH excluding ortho intramolecular Hbond substituents is 1. The van der Waals surface area contributed by atoms with Crippen LogP contribution in [0.15, 0.2) is 18.2 Å². The Morgan fingerprint density at radius 1 is 1.50 bits per heavy atom. The molecule has 4 nitrogen and oxygen atoms in total. The Morgan fingerprint density at radius 2 is 2.30 bits per heavy atom. The number of carbonyl (C=O) groups excluding carboxylic acids is 1. The van der Waals surface area contributed by atoms with Gasteiger partial charge in [0.05, 0.1) is 6.10 Å². The largest absolute Gasteiger partial charge is 0.508 e. The van der Waals surface area contributed by atoms with E-state index in [1.165, 1.54) is 0 Å². The van der Waals surface area contributed by atoms with Gasteiger partial charge in [-0.25, -0.2) is 0 Å². The average Bonchev–Trinajstić information content (AvgIpc) is 2.47. The normalized spacial score (nSPS) is 19.1. The van der Waals surface area contributed by atoms with Crippen LogP contribution in [0, 0.1) is 6.92 Å². The van der Waals surface area contributed by atoms with Gasteiger partial charge < -0.3 is 14.7 Å². The van der Waals surface area contributed by atoms with Gasteiger partial charge in [0, 0.05) is 25.3 Å². The Balaban J connectivity index is 2.02. The van der Waals surface area contributed by atoms with Gasteiger partial charge in [-0.3, -0.25) is 4.79 Å². The van der Waals surface area contributed by atoms with Gasteiger partial charge in [0.2, 0.25) is 0 Å². The first-order valence-electron chi connectivity index (χ1n) is 7.32. The van der Waals surface area contributed by atoms with Crippen LogP contribution in [0.2, 0.25) is 0 Å². The Bertz CT molecular complexity index is 473. The van der Waals surface area contributed by atoms with Crippen molar-refractivity contribution < 1.29 is 14.6 Å². The molecule has 1 amide bonds. The fraction of sp³-hybridized carbons (Fsp3) is 0.562. The molecule has 1 atom stereocenters. The molecule has 0 saturated carbocycles. The molecule has 0 spiro atoms. The van der Waals surface area contributed by atoms with Crippen molar-refractivity contribution in [3.8, 4) is 5.75 Å². The second-order valence-corrected chi connectivity index (χ2v) is 5.39. The number of rotatable bonds is 4. The Hall–Kier alpha value is -1.55. The fourth-order valence-electron chi connectivity index (χ4n) is 2.47. The third kappa shape index (κ3) is 3.51. The van der Waals surface area contributed by atoms with Crippen LogP contribution in [0.5, 0.6) is 5.75 Å². The molecule has 1 saturated heterocycles. The van der Waals surface area contributed by atoms with Gasteiger partial charge in [0.15, 0.2) is 0 Å². The minimum absolute atomic E-state index is 0.0231. The highest BCUT2D eigenvalue weighted by Gasteiger charge is 2.25. The van der Waals surface area contributed by atoms with E-state index in [0.717, 1.165) is 38.0 Å². The quantitative estimate of drug-likeness (QED) is 0.920. The highest BCUT2D eigenvalue weighted by molar-refractivity contribution is 5.94. The number of ether oxygens (including phenoxy) is 1. The minimum Gasteiger partial charge on any atom is -0.508 e. The van der Waals surface area contributed by atoms with Gasteiger partial charge in [-0.2, -0.15) is 0 Å². The maximum atomic E-state index is 12.4. The van der Waals surface area contributed by atoms with Gasteiger partial charge in [-0.15, -0.1) is 0 Å². The lowest BCUT2D eigenvalue weighted by Gasteiger charge is -2.32. The first-order valence-corrected chi connectivity index (χ1v) is 7.32.